The van der Waals surface area contributed by atoms with Gasteiger partial charge in [-0.05, 0) is 78.2 Å². The maximum absolute atomic E-state index is 13.5. The van der Waals surface area contributed by atoms with Crippen LogP contribution in [-0.2, 0) is 17.6 Å². The summed E-state index contributed by atoms with van der Waals surface area (Å²) in [6.07, 6.45) is 0.858. The molecule has 7 heteroatoms. The molecule has 0 fully saturated rings. The predicted molar refractivity (Wildman–Crippen MR) is 149 cm³/mol. The van der Waals surface area contributed by atoms with Crippen molar-refractivity contribution >= 4 is 23.1 Å². The molecule has 6 nitrogen and oxygen atoms in total. The summed E-state index contributed by atoms with van der Waals surface area (Å²) in [4.78, 5) is 26.0. The molecule has 38 heavy (non-hydrogen) atoms. The second-order valence-corrected chi connectivity index (χ2v) is 10.3. The minimum atomic E-state index is -1.40. The largest absolute Gasteiger partial charge is 0.496 e. The third kappa shape index (κ3) is 6.06. The number of thiophene rings is 1. The van der Waals surface area contributed by atoms with Gasteiger partial charge in [0.1, 0.15) is 22.8 Å². The quantitative estimate of drug-likeness (QED) is 0.218. The van der Waals surface area contributed by atoms with Gasteiger partial charge in [-0.3, -0.25) is 4.79 Å². The Hall–Kier alpha value is -4.10. The van der Waals surface area contributed by atoms with E-state index in [2.05, 4.69) is 23.6 Å². The smallest absolute Gasteiger partial charge is 0.347 e. The Morgan fingerprint density at radius 2 is 1.53 bits per heavy atom. The maximum atomic E-state index is 13.5. The fourth-order valence-corrected chi connectivity index (χ4v) is 5.11. The second kappa shape index (κ2) is 11.5. The van der Waals surface area contributed by atoms with Crippen molar-refractivity contribution in [2.24, 2.45) is 0 Å². The van der Waals surface area contributed by atoms with Crippen LogP contribution in [0.2, 0.25) is 0 Å². The average molecular weight is 531 g/mol. The van der Waals surface area contributed by atoms with Gasteiger partial charge in [-0.1, -0.05) is 42.5 Å². The van der Waals surface area contributed by atoms with Gasteiger partial charge in [-0.2, -0.15) is 0 Å². The van der Waals surface area contributed by atoms with Gasteiger partial charge in [0.2, 0.25) is 0 Å². The van der Waals surface area contributed by atoms with Crippen LogP contribution in [0.4, 0.5) is 0 Å². The highest BCUT2D eigenvalue weighted by molar-refractivity contribution is 7.13. The van der Waals surface area contributed by atoms with Gasteiger partial charge in [0.25, 0.3) is 0 Å². The molecule has 4 rings (SSSR count). The molecule has 0 radical (unpaired) electrons. The number of carboxylic acids is 1. The summed E-state index contributed by atoms with van der Waals surface area (Å²) < 4.78 is 17.0. The van der Waals surface area contributed by atoms with E-state index in [0.717, 1.165) is 16.9 Å². The van der Waals surface area contributed by atoms with Gasteiger partial charge in [0, 0.05) is 11.3 Å². The van der Waals surface area contributed by atoms with Crippen LogP contribution in [0.25, 0.3) is 10.4 Å². The molecule has 0 amide bonds. The lowest BCUT2D eigenvalue weighted by Gasteiger charge is -2.21. The Labute approximate surface area is 226 Å². The van der Waals surface area contributed by atoms with Crippen molar-refractivity contribution in [3.05, 3.63) is 100 Å². The molecule has 0 aliphatic rings. The fourth-order valence-electron chi connectivity index (χ4n) is 4.19. The van der Waals surface area contributed by atoms with Crippen LogP contribution in [0.15, 0.2) is 78.2 Å². The molecule has 0 saturated heterocycles. The number of carbonyl (C=O) groups excluding carboxylic acids is 1. The summed E-state index contributed by atoms with van der Waals surface area (Å²) in [7, 11) is 3.08. The van der Waals surface area contributed by atoms with Crippen molar-refractivity contribution < 1.29 is 28.9 Å². The molecule has 0 saturated carbocycles. The topological polar surface area (TPSA) is 82.1 Å². The highest BCUT2D eigenvalue weighted by atomic mass is 32.1. The van der Waals surface area contributed by atoms with Crippen LogP contribution in [0.3, 0.4) is 0 Å². The van der Waals surface area contributed by atoms with Gasteiger partial charge in [0.15, 0.2) is 11.4 Å². The highest BCUT2D eigenvalue weighted by Crippen LogP contribution is 2.39. The summed E-state index contributed by atoms with van der Waals surface area (Å²) in [6.45, 7) is 2.95. The lowest BCUT2D eigenvalue weighted by Crippen LogP contribution is -2.37. The van der Waals surface area contributed by atoms with Gasteiger partial charge >= 0.3 is 5.97 Å². The van der Waals surface area contributed by atoms with Crippen LogP contribution in [0, 0.1) is 0 Å². The molecule has 1 aromatic heterocycles. The van der Waals surface area contributed by atoms with Crippen LogP contribution < -0.4 is 14.2 Å². The second-order valence-electron chi connectivity index (χ2n) is 9.36. The van der Waals surface area contributed by atoms with E-state index < -0.39 is 11.6 Å². The minimum Gasteiger partial charge on any atom is -0.496 e. The Morgan fingerprint density at radius 1 is 0.868 bits per heavy atom. The van der Waals surface area contributed by atoms with Gasteiger partial charge in [0.05, 0.1) is 14.2 Å². The molecule has 0 spiro atoms. The summed E-state index contributed by atoms with van der Waals surface area (Å²) in [5.41, 5.74) is 2.97. The molecule has 3 aromatic carbocycles. The molecule has 0 aliphatic carbocycles. The van der Waals surface area contributed by atoms with Gasteiger partial charge in [-0.15, -0.1) is 11.3 Å². The number of Topliss-reactive ketones (excluding diaryl/α,β-unsaturated/α-hetero) is 1. The molecule has 1 heterocycles. The molecular weight excluding hydrogens is 500 g/mol. The molecule has 196 valence electrons. The number of hydrogen-bond acceptors (Lipinski definition) is 6. The van der Waals surface area contributed by atoms with Crippen molar-refractivity contribution in [1.82, 2.24) is 0 Å². The highest BCUT2D eigenvalue weighted by Gasteiger charge is 2.29. The molecule has 0 atom stereocenters. The Kier molecular flexibility index (Phi) is 8.17. The molecule has 0 unspecified atom stereocenters. The summed E-state index contributed by atoms with van der Waals surface area (Å²) >= 11 is 1.63. The standard InChI is InChI=1S/C31H30O6S/c1-31(2,30(33)34)37-24-12-8-11-21(16-24)17-25(32)28-26(35-3)18-23(19-27(28)36-4)29-22(13-14-38-29)15-20-9-6-5-7-10-20/h5-14,16,18-19H,15,17H2,1-4H3,(H,33,34). The Balaban J connectivity index is 1.63. The number of hydrogen-bond donors (Lipinski definition) is 1. The molecule has 0 aliphatic heterocycles. The predicted octanol–water partition coefficient (Wildman–Crippen LogP) is 6.69. The van der Waals surface area contributed by atoms with Crippen molar-refractivity contribution in [2.45, 2.75) is 32.3 Å². The molecule has 0 bridgehead atoms. The van der Waals surface area contributed by atoms with Crippen molar-refractivity contribution in [1.29, 1.82) is 0 Å². The zero-order valence-electron chi connectivity index (χ0n) is 21.8. The number of carboxylic acid groups (broad SMARTS) is 1. The fraction of sp³-hybridized carbons (Fsp3) is 0.226. The Bertz CT molecular complexity index is 1410. The summed E-state index contributed by atoms with van der Waals surface area (Å²) in [5, 5.41) is 11.4. The van der Waals surface area contributed by atoms with Gasteiger partial charge < -0.3 is 19.3 Å². The van der Waals surface area contributed by atoms with Crippen LogP contribution in [0.1, 0.15) is 40.9 Å². The number of methoxy groups -OCH3 is 2. The van der Waals surface area contributed by atoms with E-state index in [1.807, 2.05) is 30.3 Å². The average Bonchev–Trinajstić information content (AvgIpc) is 3.36. The lowest BCUT2D eigenvalue weighted by atomic mass is 9.97. The van der Waals surface area contributed by atoms with E-state index in [4.69, 9.17) is 14.2 Å². The van der Waals surface area contributed by atoms with E-state index in [0.29, 0.717) is 28.4 Å². The normalized spacial score (nSPS) is 11.2. The first-order chi connectivity index (χ1) is 18.2. The zero-order chi connectivity index (χ0) is 27.3. The van der Waals surface area contributed by atoms with Crippen LogP contribution >= 0.6 is 11.3 Å². The van der Waals surface area contributed by atoms with E-state index in [-0.39, 0.29) is 12.2 Å². The molecule has 1 N–H and O–H groups in total. The van der Waals surface area contributed by atoms with E-state index >= 15 is 0 Å². The summed E-state index contributed by atoms with van der Waals surface area (Å²) in [5.74, 6) is -0.0203. The van der Waals surface area contributed by atoms with Crippen molar-refractivity contribution in [3.8, 4) is 27.7 Å². The van der Waals surface area contributed by atoms with Crippen molar-refractivity contribution in [2.75, 3.05) is 14.2 Å². The van der Waals surface area contributed by atoms with E-state index in [1.54, 1.807) is 35.6 Å². The minimum absolute atomic E-state index is 0.0645. The molecular formula is C31H30O6S. The first-order valence-corrected chi connectivity index (χ1v) is 13.0. The number of ether oxygens (including phenoxy) is 3. The Morgan fingerprint density at radius 3 is 2.16 bits per heavy atom. The number of ketones is 1. The first kappa shape index (κ1) is 26.9. The first-order valence-electron chi connectivity index (χ1n) is 12.1. The monoisotopic (exact) mass is 530 g/mol. The van der Waals surface area contributed by atoms with E-state index in [9.17, 15) is 14.7 Å². The van der Waals surface area contributed by atoms with Crippen molar-refractivity contribution in [3.63, 3.8) is 0 Å². The SMILES string of the molecule is COc1cc(-c2sccc2Cc2ccccc2)cc(OC)c1C(=O)Cc1cccc(OC(C)(C)C(=O)O)c1. The lowest BCUT2D eigenvalue weighted by molar-refractivity contribution is -0.152. The zero-order valence-corrected chi connectivity index (χ0v) is 22.6. The van der Waals surface area contributed by atoms with Gasteiger partial charge in [-0.25, -0.2) is 4.79 Å². The number of benzene rings is 3. The number of rotatable bonds is 11. The third-order valence-corrected chi connectivity index (χ3v) is 7.19. The van der Waals surface area contributed by atoms with Crippen LogP contribution in [0.5, 0.6) is 17.2 Å². The molecule has 4 aromatic rings. The van der Waals surface area contributed by atoms with Crippen LogP contribution in [-0.4, -0.2) is 36.7 Å². The summed E-state index contributed by atoms with van der Waals surface area (Å²) in [6, 6.07) is 23.0. The number of carbonyl (C=O) groups is 2. The van der Waals surface area contributed by atoms with E-state index in [1.165, 1.54) is 39.2 Å². The number of aliphatic carboxylic acids is 1. The third-order valence-electron chi connectivity index (χ3n) is 6.18. The maximum Gasteiger partial charge on any atom is 0.347 e.